The van der Waals surface area contributed by atoms with Crippen LogP contribution in [-0.2, 0) is 0 Å². The summed E-state index contributed by atoms with van der Waals surface area (Å²) in [7, 11) is 0. The van der Waals surface area contributed by atoms with E-state index in [1.54, 1.807) is 0 Å². The zero-order chi connectivity index (χ0) is 12.7. The Balaban J connectivity index is 2.46. The lowest BCUT2D eigenvalue weighted by Gasteiger charge is -2.35. The molecule has 0 bridgehead atoms. The minimum absolute atomic E-state index is 0.220. The third-order valence-corrected chi connectivity index (χ3v) is 3.26. The van der Waals surface area contributed by atoms with E-state index in [4.69, 9.17) is 0 Å². The molecular formula is C13H27N3O. The Hall–Kier alpha value is -0.770. The number of rotatable bonds is 5. The van der Waals surface area contributed by atoms with Crippen molar-refractivity contribution in [3.05, 3.63) is 0 Å². The van der Waals surface area contributed by atoms with Gasteiger partial charge in [-0.2, -0.15) is 0 Å². The predicted molar refractivity (Wildman–Crippen MR) is 71.2 cm³/mol. The van der Waals surface area contributed by atoms with E-state index in [9.17, 15) is 4.79 Å². The number of piperazine rings is 1. The average Bonchev–Trinajstić information content (AvgIpc) is 2.34. The SMILES string of the molecule is CCCCCN(C(=O)N1CCNCC1)C(C)C. The molecule has 2 amide bonds. The number of hydrogen-bond acceptors (Lipinski definition) is 2. The second-order valence-corrected chi connectivity index (χ2v) is 5.01. The summed E-state index contributed by atoms with van der Waals surface area (Å²) in [5, 5.41) is 3.28. The van der Waals surface area contributed by atoms with E-state index < -0.39 is 0 Å². The molecule has 0 radical (unpaired) electrons. The van der Waals surface area contributed by atoms with Crippen molar-refractivity contribution in [2.75, 3.05) is 32.7 Å². The Labute approximate surface area is 105 Å². The lowest BCUT2D eigenvalue weighted by atomic mass is 10.2. The molecule has 4 heteroatoms. The number of hydrogen-bond donors (Lipinski definition) is 1. The summed E-state index contributed by atoms with van der Waals surface area (Å²) in [5.74, 6) is 0. The van der Waals surface area contributed by atoms with Gasteiger partial charge in [0.05, 0.1) is 0 Å². The number of urea groups is 1. The van der Waals surface area contributed by atoms with Crippen molar-refractivity contribution in [2.45, 2.75) is 46.1 Å². The van der Waals surface area contributed by atoms with Gasteiger partial charge in [0, 0.05) is 38.8 Å². The zero-order valence-electron chi connectivity index (χ0n) is 11.5. The monoisotopic (exact) mass is 241 g/mol. The third-order valence-electron chi connectivity index (χ3n) is 3.26. The summed E-state index contributed by atoms with van der Waals surface area (Å²) in [6.45, 7) is 10.8. The highest BCUT2D eigenvalue weighted by molar-refractivity contribution is 5.74. The maximum atomic E-state index is 12.4. The second-order valence-electron chi connectivity index (χ2n) is 5.01. The van der Waals surface area contributed by atoms with Crippen LogP contribution in [-0.4, -0.2) is 54.6 Å². The molecule has 0 aliphatic carbocycles. The molecule has 0 aromatic rings. The Morgan fingerprint density at radius 1 is 1.29 bits per heavy atom. The van der Waals surface area contributed by atoms with Crippen LogP contribution in [0.1, 0.15) is 40.0 Å². The van der Waals surface area contributed by atoms with Gasteiger partial charge in [0.2, 0.25) is 0 Å². The Bertz CT molecular complexity index is 225. The fourth-order valence-electron chi connectivity index (χ4n) is 2.14. The summed E-state index contributed by atoms with van der Waals surface area (Å²) in [6.07, 6.45) is 3.53. The molecule has 0 aromatic heterocycles. The quantitative estimate of drug-likeness (QED) is 0.746. The largest absolute Gasteiger partial charge is 0.322 e. The fourth-order valence-corrected chi connectivity index (χ4v) is 2.14. The van der Waals surface area contributed by atoms with Gasteiger partial charge in [0.15, 0.2) is 0 Å². The van der Waals surface area contributed by atoms with Crippen LogP contribution >= 0.6 is 0 Å². The highest BCUT2D eigenvalue weighted by Crippen LogP contribution is 2.08. The summed E-state index contributed by atoms with van der Waals surface area (Å²) >= 11 is 0. The van der Waals surface area contributed by atoms with Gasteiger partial charge >= 0.3 is 6.03 Å². The van der Waals surface area contributed by atoms with Crippen LogP contribution in [0.2, 0.25) is 0 Å². The van der Waals surface area contributed by atoms with E-state index in [1.807, 2.05) is 9.80 Å². The molecule has 1 aliphatic rings. The summed E-state index contributed by atoms with van der Waals surface area (Å²) < 4.78 is 0. The van der Waals surface area contributed by atoms with Gasteiger partial charge in [0.25, 0.3) is 0 Å². The minimum Gasteiger partial charge on any atom is -0.322 e. The van der Waals surface area contributed by atoms with E-state index in [-0.39, 0.29) is 6.03 Å². The topological polar surface area (TPSA) is 35.6 Å². The molecule has 1 heterocycles. The Morgan fingerprint density at radius 3 is 2.47 bits per heavy atom. The number of nitrogens with one attached hydrogen (secondary N) is 1. The summed E-state index contributed by atoms with van der Waals surface area (Å²) in [5.41, 5.74) is 0. The normalized spacial score (nSPS) is 16.4. The first-order valence-electron chi connectivity index (χ1n) is 6.93. The first-order valence-corrected chi connectivity index (χ1v) is 6.93. The van der Waals surface area contributed by atoms with Gasteiger partial charge in [-0.1, -0.05) is 19.8 Å². The number of carbonyl (C=O) groups is 1. The number of carbonyl (C=O) groups excluding carboxylic acids is 1. The molecule has 0 atom stereocenters. The van der Waals surface area contributed by atoms with Crippen LogP contribution in [0.4, 0.5) is 4.79 Å². The summed E-state index contributed by atoms with van der Waals surface area (Å²) in [4.78, 5) is 16.3. The van der Waals surface area contributed by atoms with Crippen molar-refractivity contribution in [1.82, 2.24) is 15.1 Å². The number of amides is 2. The first kappa shape index (κ1) is 14.3. The van der Waals surface area contributed by atoms with Crippen LogP contribution < -0.4 is 5.32 Å². The molecule has 1 fully saturated rings. The molecule has 100 valence electrons. The van der Waals surface area contributed by atoms with E-state index in [2.05, 4.69) is 26.1 Å². The zero-order valence-corrected chi connectivity index (χ0v) is 11.5. The maximum Gasteiger partial charge on any atom is 0.320 e. The molecule has 1 aliphatic heterocycles. The van der Waals surface area contributed by atoms with Crippen LogP contribution in [0.25, 0.3) is 0 Å². The molecule has 0 aromatic carbocycles. The van der Waals surface area contributed by atoms with E-state index in [0.717, 1.165) is 39.1 Å². The van der Waals surface area contributed by atoms with Crippen LogP contribution in [0, 0.1) is 0 Å². The van der Waals surface area contributed by atoms with E-state index >= 15 is 0 Å². The molecule has 4 nitrogen and oxygen atoms in total. The van der Waals surface area contributed by atoms with Crippen molar-refractivity contribution in [3.8, 4) is 0 Å². The summed E-state index contributed by atoms with van der Waals surface area (Å²) in [6, 6.07) is 0.520. The lowest BCUT2D eigenvalue weighted by molar-refractivity contribution is 0.133. The van der Waals surface area contributed by atoms with Crippen molar-refractivity contribution >= 4 is 6.03 Å². The maximum absolute atomic E-state index is 12.4. The first-order chi connectivity index (χ1) is 8.16. The van der Waals surface area contributed by atoms with Gasteiger partial charge in [-0.25, -0.2) is 4.79 Å². The second kappa shape index (κ2) is 7.54. The highest BCUT2D eigenvalue weighted by atomic mass is 16.2. The van der Waals surface area contributed by atoms with Crippen molar-refractivity contribution < 1.29 is 4.79 Å². The Kier molecular flexibility index (Phi) is 6.34. The third kappa shape index (κ3) is 4.54. The lowest BCUT2D eigenvalue weighted by Crippen LogP contribution is -2.53. The van der Waals surface area contributed by atoms with Crippen molar-refractivity contribution in [3.63, 3.8) is 0 Å². The van der Waals surface area contributed by atoms with Gasteiger partial charge in [-0.05, 0) is 20.3 Å². The van der Waals surface area contributed by atoms with Crippen LogP contribution in [0.5, 0.6) is 0 Å². The van der Waals surface area contributed by atoms with Gasteiger partial charge in [-0.3, -0.25) is 0 Å². The van der Waals surface area contributed by atoms with Gasteiger partial charge in [-0.15, -0.1) is 0 Å². The molecule has 0 spiro atoms. The molecule has 0 saturated carbocycles. The Morgan fingerprint density at radius 2 is 1.94 bits per heavy atom. The number of nitrogens with zero attached hydrogens (tertiary/aromatic N) is 2. The van der Waals surface area contributed by atoms with E-state index in [0.29, 0.717) is 6.04 Å². The van der Waals surface area contributed by atoms with Crippen LogP contribution in [0.3, 0.4) is 0 Å². The number of unbranched alkanes of at least 4 members (excludes halogenated alkanes) is 2. The van der Waals surface area contributed by atoms with Gasteiger partial charge < -0.3 is 15.1 Å². The molecule has 17 heavy (non-hydrogen) atoms. The fraction of sp³-hybridized carbons (Fsp3) is 0.923. The minimum atomic E-state index is 0.220. The van der Waals surface area contributed by atoms with Crippen molar-refractivity contribution in [2.24, 2.45) is 0 Å². The molecule has 1 saturated heterocycles. The molecule has 1 N–H and O–H groups in total. The predicted octanol–water partition coefficient (Wildman–Crippen LogP) is 1.91. The van der Waals surface area contributed by atoms with Gasteiger partial charge in [0.1, 0.15) is 0 Å². The smallest absolute Gasteiger partial charge is 0.320 e. The molecular weight excluding hydrogens is 214 g/mol. The van der Waals surface area contributed by atoms with Crippen LogP contribution in [0.15, 0.2) is 0 Å². The van der Waals surface area contributed by atoms with E-state index in [1.165, 1.54) is 12.8 Å². The highest BCUT2D eigenvalue weighted by Gasteiger charge is 2.23. The molecule has 0 unspecified atom stereocenters. The molecule has 1 rings (SSSR count). The standard InChI is InChI=1S/C13H27N3O/c1-4-5-6-9-16(12(2)3)13(17)15-10-7-14-8-11-15/h12,14H,4-11H2,1-3H3. The van der Waals surface area contributed by atoms with Crippen molar-refractivity contribution in [1.29, 1.82) is 0 Å². The average molecular weight is 241 g/mol.